The van der Waals surface area contributed by atoms with Crippen LogP contribution in [0.15, 0.2) is 24.3 Å². The zero-order valence-electron chi connectivity index (χ0n) is 33.1. The monoisotopic (exact) mass is 703 g/mol. The molecule has 0 unspecified atom stereocenters. The number of hydrogen-bond donors (Lipinski definition) is 2. The normalized spacial score (nSPS) is 11.3. The molecule has 0 aliphatic carbocycles. The molecule has 1 rings (SSSR count). The largest absolute Gasteiger partial charge is 0.449 e. The lowest BCUT2D eigenvalue weighted by molar-refractivity contribution is 0.151. The summed E-state index contributed by atoms with van der Waals surface area (Å²) >= 11 is 0. The molecule has 2 amide bonds. The van der Waals surface area contributed by atoms with Crippen molar-refractivity contribution in [2.75, 3.05) is 63.1 Å². The Morgan fingerprint density at radius 3 is 1.14 bits per heavy atom. The summed E-state index contributed by atoms with van der Waals surface area (Å²) in [5.41, 5.74) is 1.13. The number of benzene rings is 1. The maximum atomic E-state index is 12.4. The van der Waals surface area contributed by atoms with Gasteiger partial charge in [-0.2, -0.15) is 0 Å². The van der Waals surface area contributed by atoms with Crippen LogP contribution in [0.25, 0.3) is 0 Å². The highest BCUT2D eigenvalue weighted by Crippen LogP contribution is 2.16. The molecule has 50 heavy (non-hydrogen) atoms. The number of nitrogens with zero attached hydrogens (tertiary/aromatic N) is 2. The van der Waals surface area contributed by atoms with Crippen molar-refractivity contribution >= 4 is 23.6 Å². The first kappa shape index (κ1) is 45.7. The van der Waals surface area contributed by atoms with Gasteiger partial charge >= 0.3 is 12.2 Å². The van der Waals surface area contributed by atoms with Gasteiger partial charge in [0.1, 0.15) is 0 Å². The highest BCUT2D eigenvalue weighted by molar-refractivity contribution is 5.88. The Bertz CT molecular complexity index is 862. The molecule has 1 aromatic carbocycles. The molecule has 8 heteroatoms. The standard InChI is InChI=1S/C42H78N4O4/c1-5-9-11-13-15-17-19-21-23-25-32-45(7-3)34-28-36-49-41(47)43-39-30-27-31-40(38-39)44-42(48)50-37-29-35-46(8-4)33-26-24-22-20-18-16-14-12-10-6-2/h27,30-31,38H,5-26,28-29,32-37H2,1-4H3,(H,43,47)(H,44,48). The Hall–Kier alpha value is -2.32. The van der Waals surface area contributed by atoms with Crippen LogP contribution in [-0.4, -0.2) is 74.5 Å². The summed E-state index contributed by atoms with van der Waals surface area (Å²) in [7, 11) is 0. The fourth-order valence-electron chi connectivity index (χ4n) is 6.39. The van der Waals surface area contributed by atoms with E-state index in [0.717, 1.165) is 52.1 Å². The van der Waals surface area contributed by atoms with Crippen molar-refractivity contribution < 1.29 is 19.1 Å². The van der Waals surface area contributed by atoms with Crippen molar-refractivity contribution in [3.05, 3.63) is 24.3 Å². The SMILES string of the molecule is CCCCCCCCCCCCN(CC)CCCOC(=O)Nc1cccc(NC(=O)OCCCN(CC)CCCCCCCCCCCC)c1. The Kier molecular flexibility index (Phi) is 30.9. The van der Waals surface area contributed by atoms with Crippen LogP contribution in [0.2, 0.25) is 0 Å². The van der Waals surface area contributed by atoms with Crippen molar-refractivity contribution in [2.45, 2.75) is 169 Å². The summed E-state index contributed by atoms with van der Waals surface area (Å²) in [6.45, 7) is 15.8. The number of ether oxygens (including phenoxy) is 2. The van der Waals surface area contributed by atoms with Crippen LogP contribution in [0.4, 0.5) is 21.0 Å². The molecular weight excluding hydrogens is 624 g/mol. The van der Waals surface area contributed by atoms with Gasteiger partial charge < -0.3 is 19.3 Å². The molecule has 1 aromatic rings. The van der Waals surface area contributed by atoms with Gasteiger partial charge in [-0.15, -0.1) is 0 Å². The summed E-state index contributed by atoms with van der Waals surface area (Å²) in [6.07, 6.45) is 27.6. The third kappa shape index (κ3) is 27.4. The lowest BCUT2D eigenvalue weighted by Gasteiger charge is -2.20. The van der Waals surface area contributed by atoms with Crippen molar-refractivity contribution in [3.8, 4) is 0 Å². The molecule has 0 heterocycles. The van der Waals surface area contributed by atoms with E-state index in [1.807, 2.05) is 0 Å². The average Bonchev–Trinajstić information content (AvgIpc) is 3.11. The van der Waals surface area contributed by atoms with Gasteiger partial charge in [-0.1, -0.05) is 149 Å². The number of anilines is 2. The minimum absolute atomic E-state index is 0.374. The molecule has 0 aliphatic heterocycles. The van der Waals surface area contributed by atoms with Gasteiger partial charge in [-0.3, -0.25) is 10.6 Å². The summed E-state index contributed by atoms with van der Waals surface area (Å²) in [5.74, 6) is 0. The van der Waals surface area contributed by atoms with Gasteiger partial charge in [0.2, 0.25) is 0 Å². The van der Waals surface area contributed by atoms with Crippen LogP contribution < -0.4 is 10.6 Å². The topological polar surface area (TPSA) is 83.1 Å². The summed E-state index contributed by atoms with van der Waals surface area (Å²) in [4.78, 5) is 29.7. The molecule has 0 spiro atoms. The molecule has 2 N–H and O–H groups in total. The van der Waals surface area contributed by atoms with E-state index in [1.54, 1.807) is 24.3 Å². The third-order valence-corrected chi connectivity index (χ3v) is 9.61. The van der Waals surface area contributed by atoms with Gasteiger partial charge in [-0.25, -0.2) is 9.59 Å². The Balaban J connectivity index is 2.13. The molecule has 0 aromatic heterocycles. The quantitative estimate of drug-likeness (QED) is 0.0696. The lowest BCUT2D eigenvalue weighted by atomic mass is 10.1. The molecule has 290 valence electrons. The predicted molar refractivity (Wildman–Crippen MR) is 214 cm³/mol. The van der Waals surface area contributed by atoms with Crippen LogP contribution in [0, 0.1) is 0 Å². The van der Waals surface area contributed by atoms with E-state index in [4.69, 9.17) is 9.47 Å². The number of amides is 2. The second-order valence-electron chi connectivity index (χ2n) is 14.0. The van der Waals surface area contributed by atoms with Gasteiger partial charge in [0.05, 0.1) is 13.2 Å². The zero-order valence-corrected chi connectivity index (χ0v) is 33.1. The number of rotatable bonds is 34. The second kappa shape index (κ2) is 33.8. The lowest BCUT2D eigenvalue weighted by Crippen LogP contribution is -2.27. The van der Waals surface area contributed by atoms with Crippen molar-refractivity contribution in [3.63, 3.8) is 0 Å². The van der Waals surface area contributed by atoms with E-state index >= 15 is 0 Å². The van der Waals surface area contributed by atoms with E-state index in [0.29, 0.717) is 24.6 Å². The smallest absolute Gasteiger partial charge is 0.411 e. The highest BCUT2D eigenvalue weighted by Gasteiger charge is 2.09. The van der Waals surface area contributed by atoms with Gasteiger partial charge in [0, 0.05) is 24.5 Å². The maximum absolute atomic E-state index is 12.4. The summed E-state index contributed by atoms with van der Waals surface area (Å²) in [5, 5.41) is 5.54. The van der Waals surface area contributed by atoms with Gasteiger partial charge in [0.15, 0.2) is 0 Å². The molecule has 0 aliphatic rings. The molecule has 0 saturated heterocycles. The van der Waals surface area contributed by atoms with Gasteiger partial charge in [0.25, 0.3) is 0 Å². The summed E-state index contributed by atoms with van der Waals surface area (Å²) < 4.78 is 10.9. The van der Waals surface area contributed by atoms with E-state index < -0.39 is 12.2 Å². The molecule has 0 radical (unpaired) electrons. The fourth-order valence-corrected chi connectivity index (χ4v) is 6.39. The van der Waals surface area contributed by atoms with Crippen LogP contribution in [0.5, 0.6) is 0 Å². The number of hydrogen-bond acceptors (Lipinski definition) is 6. The first-order valence-electron chi connectivity index (χ1n) is 20.9. The zero-order chi connectivity index (χ0) is 36.3. The number of unbranched alkanes of at least 4 members (excludes halogenated alkanes) is 18. The maximum Gasteiger partial charge on any atom is 0.411 e. The molecule has 0 bridgehead atoms. The molecule has 0 atom stereocenters. The van der Waals surface area contributed by atoms with Crippen LogP contribution in [-0.2, 0) is 9.47 Å². The molecule has 8 nitrogen and oxygen atoms in total. The first-order valence-corrected chi connectivity index (χ1v) is 20.9. The second-order valence-corrected chi connectivity index (χ2v) is 14.0. The molecule has 0 saturated carbocycles. The third-order valence-electron chi connectivity index (χ3n) is 9.61. The first-order chi connectivity index (χ1) is 24.5. The predicted octanol–water partition coefficient (Wildman–Crippen LogP) is 12.0. The van der Waals surface area contributed by atoms with Crippen LogP contribution >= 0.6 is 0 Å². The minimum atomic E-state index is -0.485. The van der Waals surface area contributed by atoms with E-state index in [1.165, 1.54) is 128 Å². The van der Waals surface area contributed by atoms with E-state index in [9.17, 15) is 9.59 Å². The average molecular weight is 703 g/mol. The minimum Gasteiger partial charge on any atom is -0.449 e. The summed E-state index contributed by atoms with van der Waals surface area (Å²) in [6, 6.07) is 7.04. The number of carbonyl (C=O) groups is 2. The molecule has 0 fully saturated rings. The fraction of sp³-hybridized carbons (Fsp3) is 0.810. The van der Waals surface area contributed by atoms with Crippen molar-refractivity contribution in [2.24, 2.45) is 0 Å². The van der Waals surface area contributed by atoms with Crippen LogP contribution in [0.1, 0.15) is 169 Å². The van der Waals surface area contributed by atoms with E-state index in [-0.39, 0.29) is 0 Å². The van der Waals surface area contributed by atoms with Gasteiger partial charge in [-0.05, 0) is 70.1 Å². The Morgan fingerprint density at radius 2 is 0.800 bits per heavy atom. The Labute approximate surface area is 308 Å². The number of nitrogens with one attached hydrogen (secondary N) is 2. The van der Waals surface area contributed by atoms with Crippen molar-refractivity contribution in [1.82, 2.24) is 9.80 Å². The number of carbonyl (C=O) groups excluding carboxylic acids is 2. The van der Waals surface area contributed by atoms with E-state index in [2.05, 4.69) is 48.1 Å². The van der Waals surface area contributed by atoms with Crippen molar-refractivity contribution in [1.29, 1.82) is 0 Å². The molecular formula is C42H78N4O4. The van der Waals surface area contributed by atoms with Crippen LogP contribution in [0.3, 0.4) is 0 Å². The highest BCUT2D eigenvalue weighted by atomic mass is 16.6. The Morgan fingerprint density at radius 1 is 0.480 bits per heavy atom.